The largest absolute Gasteiger partial charge is 0.458 e. The Morgan fingerprint density at radius 3 is 1.43 bits per heavy atom. The molecule has 4 nitrogen and oxygen atoms in total. The summed E-state index contributed by atoms with van der Waals surface area (Å²) in [5.41, 5.74) is 1.90. The summed E-state index contributed by atoms with van der Waals surface area (Å²) in [4.78, 5) is 25.6. The van der Waals surface area contributed by atoms with Gasteiger partial charge in [0.05, 0.1) is 11.8 Å². The van der Waals surface area contributed by atoms with Crippen LogP contribution in [0.25, 0.3) is 0 Å². The van der Waals surface area contributed by atoms with Gasteiger partial charge in [-0.15, -0.1) is 0 Å². The average molecular weight is 380 g/mol. The molecule has 0 saturated heterocycles. The van der Waals surface area contributed by atoms with Crippen LogP contribution in [-0.2, 0) is 19.1 Å². The van der Waals surface area contributed by atoms with E-state index >= 15 is 0 Å². The van der Waals surface area contributed by atoms with Crippen molar-refractivity contribution in [2.24, 2.45) is 11.8 Å². The van der Waals surface area contributed by atoms with Gasteiger partial charge in [0.15, 0.2) is 0 Å². The van der Waals surface area contributed by atoms with Crippen LogP contribution in [0.4, 0.5) is 0 Å². The van der Waals surface area contributed by atoms with Crippen LogP contribution in [0.5, 0.6) is 0 Å². The number of esters is 2. The zero-order valence-corrected chi connectivity index (χ0v) is 16.5. The number of carbonyl (C=O) groups is 2. The summed E-state index contributed by atoms with van der Waals surface area (Å²) in [6, 6.07) is 19.3. The molecule has 4 atom stereocenters. The topological polar surface area (TPSA) is 52.6 Å². The Morgan fingerprint density at radius 2 is 1.07 bits per heavy atom. The molecule has 0 aromatic heterocycles. The smallest absolute Gasteiger partial charge is 0.310 e. The van der Waals surface area contributed by atoms with Crippen molar-refractivity contribution in [1.29, 1.82) is 0 Å². The lowest BCUT2D eigenvalue weighted by atomic mass is 9.79. The molecule has 1 saturated carbocycles. The third-order valence-corrected chi connectivity index (χ3v) is 5.50. The van der Waals surface area contributed by atoms with E-state index in [4.69, 9.17) is 9.47 Å². The van der Waals surface area contributed by atoms with Crippen LogP contribution in [0.2, 0.25) is 0 Å². The van der Waals surface area contributed by atoms with Crippen molar-refractivity contribution in [2.75, 3.05) is 0 Å². The molecule has 0 bridgehead atoms. The minimum Gasteiger partial charge on any atom is -0.458 e. The van der Waals surface area contributed by atoms with Gasteiger partial charge in [-0.2, -0.15) is 0 Å². The van der Waals surface area contributed by atoms with E-state index in [-0.39, 0.29) is 24.1 Å². The molecule has 0 radical (unpaired) electrons. The fraction of sp³-hybridized carbons (Fsp3) is 0.417. The predicted octanol–water partition coefficient (Wildman–Crippen LogP) is 5.40. The number of ether oxygens (including phenoxy) is 2. The summed E-state index contributed by atoms with van der Waals surface area (Å²) >= 11 is 0. The molecule has 4 heteroatoms. The number of benzene rings is 2. The van der Waals surface area contributed by atoms with Gasteiger partial charge < -0.3 is 9.47 Å². The normalized spacial score (nSPS) is 21.4. The standard InChI is InChI=1S/C24H28O4/c1-17(19-11-5-3-6-12-19)27-23(25)21-15-9-10-16-22(21)24(26)28-18(2)20-13-7-4-8-14-20/h3-8,11-14,17-18,21-22H,9-10,15-16H2,1-2H3. The molecule has 4 unspecified atom stereocenters. The van der Waals surface area contributed by atoms with Gasteiger partial charge in [-0.05, 0) is 37.8 Å². The lowest BCUT2D eigenvalue weighted by Crippen LogP contribution is -2.35. The van der Waals surface area contributed by atoms with E-state index in [1.54, 1.807) is 0 Å². The molecule has 1 aliphatic carbocycles. The Morgan fingerprint density at radius 1 is 0.714 bits per heavy atom. The molecule has 0 spiro atoms. The minimum atomic E-state index is -0.435. The summed E-state index contributed by atoms with van der Waals surface area (Å²) in [6.07, 6.45) is 2.51. The van der Waals surface area contributed by atoms with Crippen molar-refractivity contribution in [3.63, 3.8) is 0 Å². The van der Waals surface area contributed by atoms with Crippen LogP contribution in [0, 0.1) is 11.8 Å². The first kappa shape index (κ1) is 20.1. The van der Waals surface area contributed by atoms with Crippen molar-refractivity contribution < 1.29 is 19.1 Å². The Hall–Kier alpha value is -2.62. The van der Waals surface area contributed by atoms with Gasteiger partial charge in [0.25, 0.3) is 0 Å². The van der Waals surface area contributed by atoms with Gasteiger partial charge in [-0.3, -0.25) is 9.59 Å². The third kappa shape index (κ3) is 5.00. The number of rotatable bonds is 6. The lowest BCUT2D eigenvalue weighted by molar-refractivity contribution is -0.168. The summed E-state index contributed by atoms with van der Waals surface area (Å²) < 4.78 is 11.4. The first-order chi connectivity index (χ1) is 13.6. The molecule has 3 rings (SSSR count). The van der Waals surface area contributed by atoms with Crippen LogP contribution in [0.3, 0.4) is 0 Å². The molecule has 28 heavy (non-hydrogen) atoms. The van der Waals surface area contributed by atoms with Crippen LogP contribution in [0.1, 0.15) is 62.9 Å². The van der Waals surface area contributed by atoms with E-state index < -0.39 is 11.8 Å². The van der Waals surface area contributed by atoms with Gasteiger partial charge in [0.2, 0.25) is 0 Å². The van der Waals surface area contributed by atoms with Crippen molar-refractivity contribution >= 4 is 11.9 Å². The summed E-state index contributed by atoms with van der Waals surface area (Å²) in [5, 5.41) is 0. The number of hydrogen-bond donors (Lipinski definition) is 0. The molecule has 0 aliphatic heterocycles. The Bertz CT molecular complexity index is 704. The highest BCUT2D eigenvalue weighted by atomic mass is 16.6. The summed E-state index contributed by atoms with van der Waals surface area (Å²) in [7, 11) is 0. The molecule has 0 heterocycles. The molecule has 0 amide bonds. The van der Waals surface area contributed by atoms with Crippen molar-refractivity contribution in [1.82, 2.24) is 0 Å². The first-order valence-corrected chi connectivity index (χ1v) is 10.1. The van der Waals surface area contributed by atoms with E-state index in [2.05, 4.69) is 0 Å². The van der Waals surface area contributed by atoms with Crippen LogP contribution < -0.4 is 0 Å². The monoisotopic (exact) mass is 380 g/mol. The summed E-state index contributed by atoms with van der Waals surface area (Å²) in [5.74, 6) is -1.47. The molecule has 1 aliphatic rings. The maximum absolute atomic E-state index is 12.8. The number of carbonyl (C=O) groups excluding carboxylic acids is 2. The van der Waals surface area contributed by atoms with Crippen LogP contribution in [-0.4, -0.2) is 11.9 Å². The maximum atomic E-state index is 12.8. The van der Waals surface area contributed by atoms with Gasteiger partial charge >= 0.3 is 11.9 Å². The Labute approximate surface area is 166 Å². The third-order valence-electron chi connectivity index (χ3n) is 5.50. The van der Waals surface area contributed by atoms with Crippen molar-refractivity contribution in [2.45, 2.75) is 51.7 Å². The average Bonchev–Trinajstić information content (AvgIpc) is 2.74. The molecule has 2 aromatic rings. The SMILES string of the molecule is CC(OC(=O)C1CCCCC1C(=O)OC(C)c1ccccc1)c1ccccc1. The van der Waals surface area contributed by atoms with Crippen molar-refractivity contribution in [3.05, 3.63) is 71.8 Å². The first-order valence-electron chi connectivity index (χ1n) is 10.1. The van der Waals surface area contributed by atoms with E-state index in [0.29, 0.717) is 12.8 Å². The molecule has 148 valence electrons. The van der Waals surface area contributed by atoms with Gasteiger partial charge in [-0.25, -0.2) is 0 Å². The molecular formula is C24H28O4. The summed E-state index contributed by atoms with van der Waals surface area (Å²) in [6.45, 7) is 3.72. The van der Waals surface area contributed by atoms with Gasteiger partial charge in [0.1, 0.15) is 12.2 Å². The fourth-order valence-electron chi connectivity index (χ4n) is 3.80. The van der Waals surface area contributed by atoms with Gasteiger partial charge in [0, 0.05) is 0 Å². The predicted molar refractivity (Wildman–Crippen MR) is 107 cm³/mol. The highest BCUT2D eigenvalue weighted by Crippen LogP contribution is 2.34. The second kappa shape index (κ2) is 9.54. The highest BCUT2D eigenvalue weighted by molar-refractivity contribution is 5.82. The zero-order valence-electron chi connectivity index (χ0n) is 16.5. The van der Waals surface area contributed by atoms with E-state index in [0.717, 1.165) is 24.0 Å². The lowest BCUT2D eigenvalue weighted by Gasteiger charge is -2.30. The molecule has 2 aromatic carbocycles. The molecule has 0 N–H and O–H groups in total. The Kier molecular flexibility index (Phi) is 6.85. The van der Waals surface area contributed by atoms with Crippen molar-refractivity contribution in [3.8, 4) is 0 Å². The number of hydrogen-bond acceptors (Lipinski definition) is 4. The maximum Gasteiger partial charge on any atom is 0.310 e. The minimum absolute atomic E-state index is 0.301. The van der Waals surface area contributed by atoms with E-state index in [1.165, 1.54) is 0 Å². The highest BCUT2D eigenvalue weighted by Gasteiger charge is 2.39. The fourth-order valence-corrected chi connectivity index (χ4v) is 3.80. The van der Waals surface area contributed by atoms with E-state index in [1.807, 2.05) is 74.5 Å². The second-order valence-corrected chi connectivity index (χ2v) is 7.48. The molecule has 1 fully saturated rings. The molecular weight excluding hydrogens is 352 g/mol. The van der Waals surface area contributed by atoms with Crippen LogP contribution >= 0.6 is 0 Å². The van der Waals surface area contributed by atoms with Crippen LogP contribution in [0.15, 0.2) is 60.7 Å². The zero-order chi connectivity index (χ0) is 19.9. The van der Waals surface area contributed by atoms with Gasteiger partial charge in [-0.1, -0.05) is 73.5 Å². The Balaban J connectivity index is 1.64. The quantitative estimate of drug-likeness (QED) is 0.630. The van der Waals surface area contributed by atoms with E-state index in [9.17, 15) is 9.59 Å². The second-order valence-electron chi connectivity index (χ2n) is 7.48.